The monoisotopic (exact) mass is 555 g/mol. The number of hydrogen-bond donors (Lipinski definition) is 1. The van der Waals surface area contributed by atoms with Crippen LogP contribution in [0.25, 0.3) is 10.8 Å². The maximum Gasteiger partial charge on any atom is 0.420 e. The second-order valence-electron chi connectivity index (χ2n) is 10.5. The predicted octanol–water partition coefficient (Wildman–Crippen LogP) is 6.44. The normalized spacial score (nSPS) is 21.4. The van der Waals surface area contributed by atoms with Crippen LogP contribution in [0, 0.1) is 5.92 Å². The molecular weight excluding hydrogens is 524 g/mol. The Bertz CT molecular complexity index is 1260. The summed E-state index contributed by atoms with van der Waals surface area (Å²) in [7, 11) is 0. The number of aryl methyl sites for hydroxylation is 2. The molecule has 1 aromatic heterocycles. The average Bonchev–Trinajstić information content (AvgIpc) is 3.37. The van der Waals surface area contributed by atoms with Gasteiger partial charge in [0.15, 0.2) is 5.82 Å². The number of rotatable bonds is 7. The van der Waals surface area contributed by atoms with E-state index >= 15 is 0 Å². The number of tetrazole rings is 1. The second-order valence-corrected chi connectivity index (χ2v) is 10.5. The van der Waals surface area contributed by atoms with Crippen molar-refractivity contribution in [2.75, 3.05) is 13.1 Å². The highest BCUT2D eigenvalue weighted by Gasteiger charge is 2.42. The Labute approximate surface area is 222 Å². The van der Waals surface area contributed by atoms with Crippen LogP contribution in [0.2, 0.25) is 0 Å². The zero-order valence-electron chi connectivity index (χ0n) is 21.4. The number of ether oxygens (including phenoxy) is 1. The maximum absolute atomic E-state index is 14.3. The first-order chi connectivity index (χ1) is 18.6. The number of aromatic nitrogens is 4. The molecule has 0 radical (unpaired) electrons. The molecule has 2 fully saturated rings. The zero-order chi connectivity index (χ0) is 27.6. The van der Waals surface area contributed by atoms with Crippen LogP contribution in [0.3, 0.4) is 0 Å². The highest BCUT2D eigenvalue weighted by Crippen LogP contribution is 2.44. The maximum atomic E-state index is 14.3. The van der Waals surface area contributed by atoms with E-state index in [1.165, 1.54) is 12.1 Å². The van der Waals surface area contributed by atoms with Crippen molar-refractivity contribution < 1.29 is 31.1 Å². The minimum Gasteiger partial charge on any atom is -0.490 e. The Kier molecular flexibility index (Phi) is 8.02. The summed E-state index contributed by atoms with van der Waals surface area (Å²) in [4.78, 5) is 1.54. The molecule has 0 atom stereocenters. The number of nitrogens with one attached hydrogen (secondary N) is 1. The first kappa shape index (κ1) is 27.7. The summed E-state index contributed by atoms with van der Waals surface area (Å²) in [5.74, 6) is -0.742. The first-order valence-corrected chi connectivity index (χ1v) is 13.4. The SMILES string of the molecule is FC(F)(F)c1c(O[C@H]2CC[C@@H](C(F)(F)F)CC2)ccc2c(CCCn3nnc(C4CCNCC4)n3)cccc12. The van der Waals surface area contributed by atoms with E-state index in [0.29, 0.717) is 24.8 Å². The van der Waals surface area contributed by atoms with Gasteiger partial charge in [0.25, 0.3) is 0 Å². The quantitative estimate of drug-likeness (QED) is 0.340. The molecule has 1 N–H and O–H groups in total. The standard InChI is InChI=1S/C27H31F6N5O/c28-26(29,30)19-6-8-20(9-7-19)39-23-11-10-21-17(3-1-5-22(21)24(23)27(31,32)33)4-2-16-38-36-25(35-37-38)18-12-14-34-15-13-18/h1,3,5,10-11,18-20,34H,2,4,6-9,12-16H2/t19-,20+. The lowest BCUT2D eigenvalue weighted by Crippen LogP contribution is -2.32. The number of hydrogen-bond acceptors (Lipinski definition) is 5. The van der Waals surface area contributed by atoms with Crippen molar-refractivity contribution in [2.24, 2.45) is 5.92 Å². The average molecular weight is 556 g/mol. The van der Waals surface area contributed by atoms with E-state index in [1.807, 2.05) is 0 Å². The number of fused-ring (bicyclic) bond motifs is 1. The van der Waals surface area contributed by atoms with Crippen LogP contribution < -0.4 is 10.1 Å². The summed E-state index contributed by atoms with van der Waals surface area (Å²) in [6.45, 7) is 2.33. The smallest absolute Gasteiger partial charge is 0.420 e. The van der Waals surface area contributed by atoms with Gasteiger partial charge in [-0.25, -0.2) is 0 Å². The highest BCUT2D eigenvalue weighted by molar-refractivity contribution is 5.91. The van der Waals surface area contributed by atoms with Crippen molar-refractivity contribution in [3.8, 4) is 5.75 Å². The Morgan fingerprint density at radius 2 is 1.64 bits per heavy atom. The Morgan fingerprint density at radius 1 is 0.897 bits per heavy atom. The molecule has 1 aliphatic carbocycles. The topological polar surface area (TPSA) is 64.9 Å². The molecule has 0 bridgehead atoms. The third-order valence-electron chi connectivity index (χ3n) is 7.80. The molecule has 0 spiro atoms. The van der Waals surface area contributed by atoms with Crippen LogP contribution >= 0.6 is 0 Å². The van der Waals surface area contributed by atoms with Crippen LogP contribution in [0.5, 0.6) is 5.75 Å². The molecule has 1 saturated carbocycles. The molecular formula is C27H31F6N5O. The minimum atomic E-state index is -4.69. The summed E-state index contributed by atoms with van der Waals surface area (Å²) >= 11 is 0. The predicted molar refractivity (Wildman–Crippen MR) is 132 cm³/mol. The highest BCUT2D eigenvalue weighted by atomic mass is 19.4. The molecule has 212 valence electrons. The number of nitrogens with zero attached hydrogens (tertiary/aromatic N) is 4. The molecule has 0 unspecified atom stereocenters. The van der Waals surface area contributed by atoms with Gasteiger partial charge >= 0.3 is 12.4 Å². The van der Waals surface area contributed by atoms with Gasteiger partial charge in [-0.1, -0.05) is 24.3 Å². The fourth-order valence-electron chi connectivity index (χ4n) is 5.70. The van der Waals surface area contributed by atoms with Crippen molar-refractivity contribution in [3.05, 3.63) is 47.3 Å². The third kappa shape index (κ3) is 6.47. The van der Waals surface area contributed by atoms with Gasteiger partial charge in [0.05, 0.1) is 18.6 Å². The molecule has 1 aliphatic heterocycles. The van der Waals surface area contributed by atoms with Gasteiger partial charge in [-0.05, 0) is 92.1 Å². The van der Waals surface area contributed by atoms with Crippen LogP contribution in [0.4, 0.5) is 26.3 Å². The van der Waals surface area contributed by atoms with E-state index < -0.39 is 29.9 Å². The first-order valence-electron chi connectivity index (χ1n) is 13.4. The molecule has 3 aromatic rings. The van der Waals surface area contributed by atoms with Gasteiger partial charge in [0.1, 0.15) is 11.3 Å². The summed E-state index contributed by atoms with van der Waals surface area (Å²) in [5.41, 5.74) is -0.127. The lowest BCUT2D eigenvalue weighted by Gasteiger charge is -2.31. The van der Waals surface area contributed by atoms with E-state index in [1.54, 1.807) is 23.0 Å². The van der Waals surface area contributed by atoms with Crippen LogP contribution in [-0.4, -0.2) is 45.6 Å². The molecule has 12 heteroatoms. The number of alkyl halides is 6. The summed E-state index contributed by atoms with van der Waals surface area (Å²) in [6, 6.07) is 7.72. The molecule has 2 aliphatic rings. The third-order valence-corrected chi connectivity index (χ3v) is 7.80. The number of benzene rings is 2. The fourth-order valence-corrected chi connectivity index (χ4v) is 5.70. The molecule has 2 aromatic carbocycles. The lowest BCUT2D eigenvalue weighted by atomic mass is 9.87. The minimum absolute atomic E-state index is 0.0218. The van der Waals surface area contributed by atoms with E-state index in [4.69, 9.17) is 4.74 Å². The number of piperidine rings is 1. The fraction of sp³-hybridized carbons (Fsp3) is 0.593. The van der Waals surface area contributed by atoms with Crippen molar-refractivity contribution in [3.63, 3.8) is 0 Å². The number of halogens is 6. The Morgan fingerprint density at radius 3 is 2.33 bits per heavy atom. The molecule has 39 heavy (non-hydrogen) atoms. The molecule has 2 heterocycles. The van der Waals surface area contributed by atoms with Crippen LogP contribution in [-0.2, 0) is 19.1 Å². The van der Waals surface area contributed by atoms with Crippen molar-refractivity contribution in [2.45, 2.75) is 82.3 Å². The van der Waals surface area contributed by atoms with Gasteiger partial charge in [0, 0.05) is 5.92 Å². The summed E-state index contributed by atoms with van der Waals surface area (Å²) < 4.78 is 87.4. The van der Waals surface area contributed by atoms with Crippen molar-refractivity contribution in [1.82, 2.24) is 25.5 Å². The van der Waals surface area contributed by atoms with E-state index in [-0.39, 0.29) is 42.7 Å². The Balaban J connectivity index is 1.29. The van der Waals surface area contributed by atoms with Gasteiger partial charge in [-0.3, -0.25) is 0 Å². The molecule has 6 nitrogen and oxygen atoms in total. The van der Waals surface area contributed by atoms with Gasteiger partial charge in [-0.15, -0.1) is 10.2 Å². The van der Waals surface area contributed by atoms with Gasteiger partial charge in [0.2, 0.25) is 0 Å². The van der Waals surface area contributed by atoms with Crippen molar-refractivity contribution >= 4 is 10.8 Å². The molecule has 0 amide bonds. The van der Waals surface area contributed by atoms with Gasteiger partial charge in [-0.2, -0.15) is 31.1 Å². The second kappa shape index (κ2) is 11.3. The van der Waals surface area contributed by atoms with E-state index in [2.05, 4.69) is 20.7 Å². The van der Waals surface area contributed by atoms with E-state index in [0.717, 1.165) is 37.3 Å². The Hall–Kier alpha value is -2.89. The van der Waals surface area contributed by atoms with Crippen LogP contribution in [0.15, 0.2) is 30.3 Å². The zero-order valence-corrected chi connectivity index (χ0v) is 21.4. The molecule has 5 rings (SSSR count). The summed E-state index contributed by atoms with van der Waals surface area (Å²) in [6.07, 6.45) is -6.77. The summed E-state index contributed by atoms with van der Waals surface area (Å²) in [5, 5.41) is 16.6. The molecule has 1 saturated heterocycles. The van der Waals surface area contributed by atoms with Crippen LogP contribution in [0.1, 0.15) is 67.8 Å². The van der Waals surface area contributed by atoms with Gasteiger partial charge < -0.3 is 10.1 Å². The van der Waals surface area contributed by atoms with E-state index in [9.17, 15) is 26.3 Å². The largest absolute Gasteiger partial charge is 0.490 e. The van der Waals surface area contributed by atoms with Crippen molar-refractivity contribution in [1.29, 1.82) is 0 Å². The lowest BCUT2D eigenvalue weighted by molar-refractivity contribution is -0.185.